The van der Waals surface area contributed by atoms with Crippen molar-refractivity contribution in [1.29, 1.82) is 0 Å². The van der Waals surface area contributed by atoms with Gasteiger partial charge in [0, 0.05) is 10.3 Å². The number of nitrogens with zero attached hydrogens (tertiary/aromatic N) is 2. The zero-order valence-electron chi connectivity index (χ0n) is 15.0. The standard InChI is InChI=1S/C19H19N3O4S/c1-3-12-9-14(19(25)26-4-2)18(27-12)21-17(24)11-22-15-8-6-5-7-13(15)16(23)10-20-22/h5-10H,3-4,11H2,1-2H3,(H,21,24). The number of rotatable bonds is 6. The molecule has 0 bridgehead atoms. The number of amides is 1. The van der Waals surface area contributed by atoms with Gasteiger partial charge >= 0.3 is 5.97 Å². The SMILES string of the molecule is CCOC(=O)c1cc(CC)sc1NC(=O)Cn1ncc(=O)c2ccccc21. The second-order valence-electron chi connectivity index (χ2n) is 5.76. The smallest absolute Gasteiger partial charge is 0.341 e. The highest BCUT2D eigenvalue weighted by Crippen LogP contribution is 2.29. The summed E-state index contributed by atoms with van der Waals surface area (Å²) in [5, 5.41) is 7.78. The predicted octanol–water partition coefficient (Wildman–Crippen LogP) is 2.84. The first kappa shape index (κ1) is 18.8. The van der Waals surface area contributed by atoms with E-state index < -0.39 is 5.97 Å². The van der Waals surface area contributed by atoms with Crippen LogP contribution < -0.4 is 10.7 Å². The van der Waals surface area contributed by atoms with E-state index >= 15 is 0 Å². The zero-order chi connectivity index (χ0) is 19.4. The molecular weight excluding hydrogens is 366 g/mol. The molecular formula is C19H19N3O4S. The van der Waals surface area contributed by atoms with Gasteiger partial charge < -0.3 is 10.1 Å². The number of thiophene rings is 1. The molecule has 27 heavy (non-hydrogen) atoms. The highest BCUT2D eigenvalue weighted by atomic mass is 32.1. The summed E-state index contributed by atoms with van der Waals surface area (Å²) >= 11 is 1.35. The van der Waals surface area contributed by atoms with Crippen LogP contribution in [0.2, 0.25) is 0 Å². The van der Waals surface area contributed by atoms with Crippen LogP contribution in [0, 0.1) is 0 Å². The van der Waals surface area contributed by atoms with Gasteiger partial charge in [0.1, 0.15) is 11.5 Å². The van der Waals surface area contributed by atoms with E-state index in [0.29, 0.717) is 21.5 Å². The minimum Gasteiger partial charge on any atom is -0.462 e. The fraction of sp³-hybridized carbons (Fsp3) is 0.263. The lowest BCUT2D eigenvalue weighted by Gasteiger charge is -2.10. The molecule has 0 aliphatic heterocycles. The number of anilines is 1. The van der Waals surface area contributed by atoms with Gasteiger partial charge in [-0.05, 0) is 31.5 Å². The number of aryl methyl sites for hydroxylation is 1. The molecule has 2 heterocycles. The number of benzene rings is 1. The molecule has 3 rings (SSSR count). The van der Waals surface area contributed by atoms with Gasteiger partial charge in [-0.25, -0.2) is 4.79 Å². The molecule has 0 atom stereocenters. The Bertz CT molecular complexity index is 1050. The predicted molar refractivity (Wildman–Crippen MR) is 104 cm³/mol. The molecule has 0 spiro atoms. The number of para-hydroxylation sites is 1. The lowest BCUT2D eigenvalue weighted by atomic mass is 10.2. The van der Waals surface area contributed by atoms with E-state index in [1.807, 2.05) is 6.92 Å². The van der Waals surface area contributed by atoms with Crippen molar-refractivity contribution in [3.63, 3.8) is 0 Å². The number of carbonyl (C=O) groups excluding carboxylic acids is 2. The maximum absolute atomic E-state index is 12.5. The molecule has 0 aliphatic rings. The Balaban J connectivity index is 1.85. The first-order valence-electron chi connectivity index (χ1n) is 8.58. The maximum Gasteiger partial charge on any atom is 0.341 e. The monoisotopic (exact) mass is 385 g/mol. The molecule has 0 saturated heterocycles. The van der Waals surface area contributed by atoms with E-state index in [9.17, 15) is 14.4 Å². The third-order valence-corrected chi connectivity index (χ3v) is 5.13. The molecule has 0 saturated carbocycles. The Morgan fingerprint density at radius 2 is 2.04 bits per heavy atom. The van der Waals surface area contributed by atoms with Gasteiger partial charge in [-0.2, -0.15) is 5.10 Å². The van der Waals surface area contributed by atoms with E-state index in [1.54, 1.807) is 37.3 Å². The Kier molecular flexibility index (Phi) is 5.66. The molecule has 0 radical (unpaired) electrons. The first-order chi connectivity index (χ1) is 13.0. The van der Waals surface area contributed by atoms with Crippen LogP contribution >= 0.6 is 11.3 Å². The van der Waals surface area contributed by atoms with Crippen molar-refractivity contribution >= 4 is 39.1 Å². The molecule has 8 heteroatoms. The summed E-state index contributed by atoms with van der Waals surface area (Å²) in [5.41, 5.74) is 0.730. The number of aromatic nitrogens is 2. The summed E-state index contributed by atoms with van der Waals surface area (Å²) in [7, 11) is 0. The van der Waals surface area contributed by atoms with Gasteiger partial charge in [-0.3, -0.25) is 14.3 Å². The van der Waals surface area contributed by atoms with Crippen LogP contribution in [-0.2, 0) is 22.5 Å². The summed E-state index contributed by atoms with van der Waals surface area (Å²) in [4.78, 5) is 37.5. The number of hydrogen-bond donors (Lipinski definition) is 1. The molecule has 0 fully saturated rings. The number of carbonyl (C=O) groups is 2. The van der Waals surface area contributed by atoms with Crippen molar-refractivity contribution in [2.75, 3.05) is 11.9 Å². The van der Waals surface area contributed by atoms with Gasteiger partial charge in [-0.1, -0.05) is 19.1 Å². The van der Waals surface area contributed by atoms with Gasteiger partial charge in [0.05, 0.1) is 23.9 Å². The van der Waals surface area contributed by atoms with Gasteiger partial charge in [0.2, 0.25) is 11.3 Å². The van der Waals surface area contributed by atoms with Crippen molar-refractivity contribution in [2.45, 2.75) is 26.8 Å². The van der Waals surface area contributed by atoms with Gasteiger partial charge in [0.15, 0.2) is 0 Å². The van der Waals surface area contributed by atoms with Crippen LogP contribution in [-0.4, -0.2) is 28.3 Å². The lowest BCUT2D eigenvalue weighted by molar-refractivity contribution is -0.116. The molecule has 1 amide bonds. The zero-order valence-corrected chi connectivity index (χ0v) is 15.8. The molecule has 7 nitrogen and oxygen atoms in total. The lowest BCUT2D eigenvalue weighted by Crippen LogP contribution is -2.23. The average molecular weight is 385 g/mol. The van der Waals surface area contributed by atoms with E-state index in [1.165, 1.54) is 22.2 Å². The van der Waals surface area contributed by atoms with Crippen LogP contribution in [0.15, 0.2) is 41.3 Å². The van der Waals surface area contributed by atoms with Crippen molar-refractivity contribution in [1.82, 2.24) is 9.78 Å². The van der Waals surface area contributed by atoms with Gasteiger partial charge in [-0.15, -0.1) is 11.3 Å². The highest BCUT2D eigenvalue weighted by Gasteiger charge is 2.19. The third kappa shape index (κ3) is 4.06. The summed E-state index contributed by atoms with van der Waals surface area (Å²) in [6.07, 6.45) is 1.94. The van der Waals surface area contributed by atoms with Crippen LogP contribution in [0.3, 0.4) is 0 Å². The Morgan fingerprint density at radius 3 is 2.78 bits per heavy atom. The minimum atomic E-state index is -0.462. The fourth-order valence-corrected chi connectivity index (χ4v) is 3.66. The number of esters is 1. The first-order valence-corrected chi connectivity index (χ1v) is 9.39. The summed E-state index contributed by atoms with van der Waals surface area (Å²) in [6.45, 7) is 3.89. The topological polar surface area (TPSA) is 90.3 Å². The van der Waals surface area contributed by atoms with Crippen molar-refractivity contribution < 1.29 is 14.3 Å². The number of fused-ring (bicyclic) bond motifs is 1. The molecule has 2 aromatic heterocycles. The highest BCUT2D eigenvalue weighted by molar-refractivity contribution is 7.16. The van der Waals surface area contributed by atoms with Crippen LogP contribution in [0.4, 0.5) is 5.00 Å². The van der Waals surface area contributed by atoms with Gasteiger partial charge in [0.25, 0.3) is 0 Å². The Labute approximate surface area is 159 Å². The molecule has 140 valence electrons. The number of nitrogens with one attached hydrogen (secondary N) is 1. The second-order valence-corrected chi connectivity index (χ2v) is 6.90. The molecule has 0 aliphatic carbocycles. The summed E-state index contributed by atoms with van der Waals surface area (Å²) < 4.78 is 6.52. The Morgan fingerprint density at radius 1 is 1.26 bits per heavy atom. The number of ether oxygens (including phenoxy) is 1. The largest absolute Gasteiger partial charge is 0.462 e. The summed E-state index contributed by atoms with van der Waals surface area (Å²) in [5.74, 6) is -0.804. The van der Waals surface area contributed by atoms with Crippen molar-refractivity contribution in [3.05, 3.63) is 57.2 Å². The third-order valence-electron chi connectivity index (χ3n) is 3.94. The maximum atomic E-state index is 12.5. The Hall–Kier alpha value is -3.00. The van der Waals surface area contributed by atoms with E-state index in [4.69, 9.17) is 4.74 Å². The average Bonchev–Trinajstić information content (AvgIpc) is 3.07. The molecule has 3 aromatic rings. The van der Waals surface area contributed by atoms with Crippen LogP contribution in [0.25, 0.3) is 10.9 Å². The molecule has 0 unspecified atom stereocenters. The van der Waals surface area contributed by atoms with E-state index in [0.717, 1.165) is 11.3 Å². The van der Waals surface area contributed by atoms with Crippen LogP contribution in [0.5, 0.6) is 0 Å². The second kappa shape index (κ2) is 8.13. The minimum absolute atomic E-state index is 0.0809. The normalized spacial score (nSPS) is 10.7. The molecule has 1 N–H and O–H groups in total. The fourth-order valence-electron chi connectivity index (χ4n) is 2.66. The summed E-state index contributed by atoms with van der Waals surface area (Å²) in [6, 6.07) is 8.72. The van der Waals surface area contributed by atoms with E-state index in [-0.39, 0.29) is 24.5 Å². The molecule has 1 aromatic carbocycles. The van der Waals surface area contributed by atoms with Crippen LogP contribution in [0.1, 0.15) is 29.1 Å². The quantitative estimate of drug-likeness (QED) is 0.659. The van der Waals surface area contributed by atoms with Crippen molar-refractivity contribution in [3.8, 4) is 0 Å². The number of hydrogen-bond acceptors (Lipinski definition) is 6. The van der Waals surface area contributed by atoms with Crippen molar-refractivity contribution in [2.24, 2.45) is 0 Å². The van der Waals surface area contributed by atoms with E-state index in [2.05, 4.69) is 10.4 Å².